The van der Waals surface area contributed by atoms with Crippen LogP contribution >= 0.6 is 11.6 Å². The summed E-state index contributed by atoms with van der Waals surface area (Å²) in [5, 5.41) is 11.7. The van der Waals surface area contributed by atoms with Crippen molar-refractivity contribution in [1.29, 1.82) is 0 Å². The van der Waals surface area contributed by atoms with Crippen molar-refractivity contribution in [3.8, 4) is 11.3 Å². The maximum absolute atomic E-state index is 12.5. The Kier molecular flexibility index (Phi) is 4.16. The molecule has 1 aromatic carbocycles. The normalized spacial score (nSPS) is 10.7. The van der Waals surface area contributed by atoms with Gasteiger partial charge >= 0.3 is 0 Å². The van der Waals surface area contributed by atoms with Crippen molar-refractivity contribution >= 4 is 17.5 Å². The Morgan fingerprint density at radius 2 is 2.22 bits per heavy atom. The predicted molar refractivity (Wildman–Crippen MR) is 88.0 cm³/mol. The van der Waals surface area contributed by atoms with Crippen LogP contribution in [0, 0.1) is 0 Å². The number of nitrogens with one attached hydrogen (secondary N) is 1. The van der Waals surface area contributed by atoms with Crippen molar-refractivity contribution in [2.75, 3.05) is 7.05 Å². The molecule has 118 valence electrons. The molecule has 7 heteroatoms. The molecule has 0 saturated heterocycles. The van der Waals surface area contributed by atoms with Crippen LogP contribution in [0.25, 0.3) is 11.3 Å². The third kappa shape index (κ3) is 3.43. The molecule has 0 aliphatic carbocycles. The van der Waals surface area contributed by atoms with E-state index < -0.39 is 0 Å². The highest BCUT2D eigenvalue weighted by Gasteiger charge is 2.16. The Labute approximate surface area is 138 Å². The molecule has 0 bridgehead atoms. The van der Waals surface area contributed by atoms with Crippen LogP contribution in [0.1, 0.15) is 16.1 Å². The number of amides is 1. The number of benzene rings is 1. The third-order valence-electron chi connectivity index (χ3n) is 3.45. The lowest BCUT2D eigenvalue weighted by atomic mass is 10.1. The van der Waals surface area contributed by atoms with E-state index in [2.05, 4.69) is 15.3 Å². The second-order valence-corrected chi connectivity index (χ2v) is 5.80. The Morgan fingerprint density at radius 1 is 1.39 bits per heavy atom. The topological polar surface area (TPSA) is 66.8 Å². The van der Waals surface area contributed by atoms with Gasteiger partial charge in [0.05, 0.1) is 11.9 Å². The highest BCUT2D eigenvalue weighted by Crippen LogP contribution is 2.21. The van der Waals surface area contributed by atoms with E-state index in [1.54, 1.807) is 35.0 Å². The van der Waals surface area contributed by atoms with Gasteiger partial charge in [-0.1, -0.05) is 23.7 Å². The lowest BCUT2D eigenvalue weighted by Gasteiger charge is -2.14. The minimum absolute atomic E-state index is 0.130. The lowest BCUT2D eigenvalue weighted by molar-refractivity contribution is 0.0779. The first-order valence-electron chi connectivity index (χ1n) is 7.07. The summed E-state index contributed by atoms with van der Waals surface area (Å²) in [5.74, 6) is -0.130. The van der Waals surface area contributed by atoms with Gasteiger partial charge in [-0.3, -0.25) is 14.6 Å². The summed E-state index contributed by atoms with van der Waals surface area (Å²) in [6.07, 6.45) is 3.63. The zero-order chi connectivity index (χ0) is 16.4. The minimum atomic E-state index is -0.130. The van der Waals surface area contributed by atoms with E-state index in [1.807, 2.05) is 31.4 Å². The fourth-order valence-electron chi connectivity index (χ4n) is 2.33. The number of aromatic nitrogens is 4. The zero-order valence-electron chi connectivity index (χ0n) is 12.8. The maximum Gasteiger partial charge on any atom is 0.271 e. The molecule has 0 saturated carbocycles. The number of aryl methyl sites for hydroxylation is 1. The van der Waals surface area contributed by atoms with Gasteiger partial charge in [-0.2, -0.15) is 10.2 Å². The molecular weight excluding hydrogens is 314 g/mol. The Balaban J connectivity index is 1.75. The number of hydrogen-bond donors (Lipinski definition) is 1. The number of H-pyrrole nitrogens is 1. The summed E-state index contributed by atoms with van der Waals surface area (Å²) in [6, 6.07) is 9.09. The predicted octanol–water partition coefficient (Wildman–Crippen LogP) is 2.74. The van der Waals surface area contributed by atoms with Crippen molar-refractivity contribution in [2.45, 2.75) is 6.54 Å². The molecule has 0 radical (unpaired) electrons. The van der Waals surface area contributed by atoms with Gasteiger partial charge in [-0.05, 0) is 18.2 Å². The average Bonchev–Trinajstić information content (AvgIpc) is 3.16. The first-order valence-corrected chi connectivity index (χ1v) is 7.45. The van der Waals surface area contributed by atoms with Crippen LogP contribution < -0.4 is 0 Å². The van der Waals surface area contributed by atoms with Crippen molar-refractivity contribution in [3.05, 3.63) is 59.0 Å². The SMILES string of the molecule is CN(Cc1cnn(C)c1)C(=O)c1cc(-c2cccc(Cl)c2)n[nH]1. The van der Waals surface area contributed by atoms with Gasteiger partial charge in [0, 0.05) is 43.0 Å². The smallest absolute Gasteiger partial charge is 0.271 e. The number of hydrogen-bond acceptors (Lipinski definition) is 3. The molecular formula is C16H16ClN5O. The number of nitrogens with zero attached hydrogens (tertiary/aromatic N) is 4. The second kappa shape index (κ2) is 6.26. The van der Waals surface area contributed by atoms with E-state index in [9.17, 15) is 4.79 Å². The number of rotatable bonds is 4. The maximum atomic E-state index is 12.5. The van der Waals surface area contributed by atoms with Gasteiger partial charge < -0.3 is 4.90 Å². The fraction of sp³-hybridized carbons (Fsp3) is 0.188. The van der Waals surface area contributed by atoms with Crippen LogP contribution in [0.4, 0.5) is 0 Å². The van der Waals surface area contributed by atoms with Crippen LogP contribution in [-0.4, -0.2) is 37.8 Å². The van der Waals surface area contributed by atoms with Gasteiger partial charge in [0.1, 0.15) is 5.69 Å². The summed E-state index contributed by atoms with van der Waals surface area (Å²) in [7, 11) is 3.59. The van der Waals surface area contributed by atoms with Gasteiger partial charge in [-0.25, -0.2) is 0 Å². The molecule has 0 spiro atoms. The summed E-state index contributed by atoms with van der Waals surface area (Å²) in [4.78, 5) is 14.1. The molecule has 2 heterocycles. The van der Waals surface area contributed by atoms with E-state index in [4.69, 9.17) is 11.6 Å². The highest BCUT2D eigenvalue weighted by molar-refractivity contribution is 6.30. The largest absolute Gasteiger partial charge is 0.336 e. The second-order valence-electron chi connectivity index (χ2n) is 5.36. The van der Waals surface area contributed by atoms with Crippen molar-refractivity contribution < 1.29 is 4.79 Å². The summed E-state index contributed by atoms with van der Waals surface area (Å²) in [6.45, 7) is 0.484. The van der Waals surface area contributed by atoms with Crippen molar-refractivity contribution in [2.24, 2.45) is 7.05 Å². The molecule has 23 heavy (non-hydrogen) atoms. The number of carbonyl (C=O) groups excluding carboxylic acids is 1. The Bertz CT molecular complexity index is 838. The summed E-state index contributed by atoms with van der Waals surface area (Å²) >= 11 is 5.99. The molecule has 0 aliphatic rings. The number of aromatic amines is 1. The number of halogens is 1. The van der Waals surface area contributed by atoms with E-state index in [1.165, 1.54) is 0 Å². The van der Waals surface area contributed by atoms with Crippen molar-refractivity contribution in [1.82, 2.24) is 24.9 Å². The molecule has 2 aromatic heterocycles. The van der Waals surface area contributed by atoms with Crippen LogP contribution in [-0.2, 0) is 13.6 Å². The summed E-state index contributed by atoms with van der Waals surface area (Å²) < 4.78 is 1.71. The third-order valence-corrected chi connectivity index (χ3v) is 3.69. The molecule has 6 nitrogen and oxygen atoms in total. The highest BCUT2D eigenvalue weighted by atomic mass is 35.5. The molecule has 0 aliphatic heterocycles. The zero-order valence-corrected chi connectivity index (χ0v) is 13.6. The standard InChI is InChI=1S/C16H16ClN5O/c1-21(9-11-8-18-22(2)10-11)16(23)15-7-14(19-20-15)12-4-3-5-13(17)6-12/h3-8,10H,9H2,1-2H3,(H,19,20). The first-order chi connectivity index (χ1) is 11.0. The Hall–Kier alpha value is -2.60. The van der Waals surface area contributed by atoms with E-state index >= 15 is 0 Å². The molecule has 0 atom stereocenters. The van der Waals surface area contributed by atoms with Crippen molar-refractivity contribution in [3.63, 3.8) is 0 Å². The van der Waals surface area contributed by atoms with Crippen LogP contribution in [0.15, 0.2) is 42.7 Å². The minimum Gasteiger partial charge on any atom is -0.336 e. The van der Waals surface area contributed by atoms with E-state index in [0.29, 0.717) is 23.0 Å². The van der Waals surface area contributed by atoms with Crippen LogP contribution in [0.5, 0.6) is 0 Å². The van der Waals surface area contributed by atoms with Gasteiger partial charge in [0.15, 0.2) is 0 Å². The lowest BCUT2D eigenvalue weighted by Crippen LogP contribution is -2.26. The van der Waals surface area contributed by atoms with Crippen LogP contribution in [0.3, 0.4) is 0 Å². The molecule has 0 fully saturated rings. The Morgan fingerprint density at radius 3 is 2.91 bits per heavy atom. The van der Waals surface area contributed by atoms with E-state index in [0.717, 1.165) is 11.1 Å². The quantitative estimate of drug-likeness (QED) is 0.800. The fourth-order valence-corrected chi connectivity index (χ4v) is 2.52. The molecule has 1 amide bonds. The first kappa shape index (κ1) is 15.3. The number of carbonyl (C=O) groups is 1. The average molecular weight is 330 g/mol. The monoisotopic (exact) mass is 329 g/mol. The van der Waals surface area contributed by atoms with Gasteiger partial charge in [0.2, 0.25) is 0 Å². The van der Waals surface area contributed by atoms with E-state index in [-0.39, 0.29) is 5.91 Å². The molecule has 0 unspecified atom stereocenters. The molecule has 1 N–H and O–H groups in total. The molecule has 3 rings (SSSR count). The molecule has 3 aromatic rings. The van der Waals surface area contributed by atoms with Gasteiger partial charge in [0.25, 0.3) is 5.91 Å². The van der Waals surface area contributed by atoms with Crippen LogP contribution in [0.2, 0.25) is 5.02 Å². The summed E-state index contributed by atoms with van der Waals surface area (Å²) in [5.41, 5.74) is 2.96. The van der Waals surface area contributed by atoms with Gasteiger partial charge in [-0.15, -0.1) is 0 Å².